The number of aliphatic hydroxyl groups is 1. The first-order chi connectivity index (χ1) is 18.5. The van der Waals surface area contributed by atoms with Gasteiger partial charge >= 0.3 is 0 Å². The second-order valence-electron chi connectivity index (χ2n) is 10.4. The van der Waals surface area contributed by atoms with E-state index in [1.54, 1.807) is 0 Å². The summed E-state index contributed by atoms with van der Waals surface area (Å²) in [6.07, 6.45) is 1.85. The molecule has 38 heavy (non-hydrogen) atoms. The van der Waals surface area contributed by atoms with Crippen LogP contribution < -0.4 is 9.47 Å². The summed E-state index contributed by atoms with van der Waals surface area (Å²) in [5.74, 6) is 2.99. The van der Waals surface area contributed by atoms with Crippen molar-refractivity contribution in [2.45, 2.75) is 39.3 Å². The van der Waals surface area contributed by atoms with Gasteiger partial charge in [-0.15, -0.1) is 0 Å². The molecule has 0 bridgehead atoms. The van der Waals surface area contributed by atoms with Crippen molar-refractivity contribution < 1.29 is 14.6 Å². The summed E-state index contributed by atoms with van der Waals surface area (Å²) >= 11 is 0. The van der Waals surface area contributed by atoms with Crippen LogP contribution in [0.4, 0.5) is 0 Å². The lowest BCUT2D eigenvalue weighted by molar-refractivity contribution is 0.0635. The van der Waals surface area contributed by atoms with Gasteiger partial charge in [-0.2, -0.15) is 5.10 Å². The van der Waals surface area contributed by atoms with Crippen molar-refractivity contribution in [3.05, 3.63) is 95.6 Å². The zero-order valence-corrected chi connectivity index (χ0v) is 22.5. The van der Waals surface area contributed by atoms with E-state index in [4.69, 9.17) is 14.6 Å². The average molecular weight is 512 g/mol. The maximum Gasteiger partial charge on any atom is 0.222 e. The van der Waals surface area contributed by atoms with E-state index < -0.39 is 6.10 Å². The van der Waals surface area contributed by atoms with Gasteiger partial charge in [-0.05, 0) is 61.9 Å². The molecular weight excluding hydrogens is 474 g/mol. The van der Waals surface area contributed by atoms with Crippen LogP contribution in [0.3, 0.4) is 0 Å². The van der Waals surface area contributed by atoms with Gasteiger partial charge in [-0.1, -0.05) is 60.7 Å². The highest BCUT2D eigenvalue weighted by Crippen LogP contribution is 2.36. The topological polar surface area (TPSA) is 59.8 Å². The first-order valence-electron chi connectivity index (χ1n) is 13.4. The first-order valence-corrected chi connectivity index (χ1v) is 13.4. The molecule has 198 valence electrons. The van der Waals surface area contributed by atoms with Crippen LogP contribution in [0.15, 0.2) is 78.9 Å². The Hall–Kier alpha value is -3.61. The molecule has 4 aromatic rings. The lowest BCUT2D eigenvalue weighted by atomic mass is 10.1. The Morgan fingerprint density at radius 1 is 1.00 bits per heavy atom. The van der Waals surface area contributed by atoms with Crippen molar-refractivity contribution >= 4 is 0 Å². The molecule has 0 amide bonds. The molecule has 0 aliphatic heterocycles. The Bertz CT molecular complexity index is 1350. The maximum atomic E-state index is 11.0. The number of para-hydroxylation sites is 1. The minimum Gasteiger partial charge on any atom is -0.491 e. The van der Waals surface area contributed by atoms with Gasteiger partial charge < -0.3 is 14.6 Å². The molecule has 3 aromatic carbocycles. The quantitative estimate of drug-likeness (QED) is 0.247. The molecule has 5 rings (SSSR count). The van der Waals surface area contributed by atoms with E-state index in [2.05, 4.69) is 30.0 Å². The van der Waals surface area contributed by atoms with E-state index in [1.165, 1.54) is 12.8 Å². The molecule has 1 fully saturated rings. The van der Waals surface area contributed by atoms with Crippen LogP contribution in [-0.2, 0) is 13.6 Å². The van der Waals surface area contributed by atoms with Gasteiger partial charge in [-0.25, -0.2) is 4.68 Å². The molecule has 6 heteroatoms. The number of nitrogens with zero attached hydrogens (tertiary/aromatic N) is 3. The van der Waals surface area contributed by atoms with Crippen LogP contribution in [0, 0.1) is 19.8 Å². The number of aryl methyl sites for hydroxylation is 3. The van der Waals surface area contributed by atoms with Crippen molar-refractivity contribution in [2.75, 3.05) is 19.7 Å². The van der Waals surface area contributed by atoms with Gasteiger partial charge in [0.1, 0.15) is 29.9 Å². The van der Waals surface area contributed by atoms with E-state index in [0.717, 1.165) is 51.9 Å². The molecule has 0 saturated heterocycles. The van der Waals surface area contributed by atoms with E-state index in [1.807, 2.05) is 79.3 Å². The molecule has 1 aromatic heterocycles. The summed E-state index contributed by atoms with van der Waals surface area (Å²) in [6.45, 7) is 6.38. The maximum absolute atomic E-state index is 11.0. The van der Waals surface area contributed by atoms with Crippen molar-refractivity contribution in [3.8, 4) is 28.6 Å². The summed E-state index contributed by atoms with van der Waals surface area (Å²) in [6, 6.07) is 26.2. The third-order valence-electron chi connectivity index (χ3n) is 6.93. The summed E-state index contributed by atoms with van der Waals surface area (Å²) in [5, 5.41) is 15.9. The zero-order valence-electron chi connectivity index (χ0n) is 22.5. The first kappa shape index (κ1) is 26.0. The normalized spacial score (nSPS) is 14.0. The smallest absolute Gasteiger partial charge is 0.222 e. The fraction of sp³-hybridized carbons (Fsp3) is 0.344. The molecule has 1 aliphatic rings. The zero-order chi connectivity index (χ0) is 26.5. The van der Waals surface area contributed by atoms with Gasteiger partial charge in [0.15, 0.2) is 0 Å². The highest BCUT2D eigenvalue weighted by molar-refractivity contribution is 5.65. The Kier molecular flexibility index (Phi) is 8.11. The molecule has 1 N–H and O–H groups in total. The van der Waals surface area contributed by atoms with E-state index in [-0.39, 0.29) is 6.61 Å². The van der Waals surface area contributed by atoms with Gasteiger partial charge in [0.05, 0.1) is 5.56 Å². The van der Waals surface area contributed by atoms with Crippen molar-refractivity contribution in [3.63, 3.8) is 0 Å². The molecule has 1 saturated carbocycles. The molecule has 0 radical (unpaired) electrons. The lowest BCUT2D eigenvalue weighted by Gasteiger charge is -2.26. The second-order valence-corrected chi connectivity index (χ2v) is 10.4. The van der Waals surface area contributed by atoms with Crippen molar-refractivity contribution in [2.24, 2.45) is 13.0 Å². The van der Waals surface area contributed by atoms with Gasteiger partial charge in [0.2, 0.25) is 5.88 Å². The molecule has 1 aliphatic carbocycles. The van der Waals surface area contributed by atoms with Gasteiger partial charge in [0, 0.05) is 32.2 Å². The second kappa shape index (κ2) is 11.8. The highest BCUT2D eigenvalue weighted by Gasteiger charge is 2.28. The minimum atomic E-state index is -0.619. The van der Waals surface area contributed by atoms with Gasteiger partial charge in [-0.3, -0.25) is 4.90 Å². The highest BCUT2D eigenvalue weighted by atomic mass is 16.5. The largest absolute Gasteiger partial charge is 0.491 e. The predicted octanol–water partition coefficient (Wildman–Crippen LogP) is 6.15. The average Bonchev–Trinajstić information content (AvgIpc) is 3.68. The van der Waals surface area contributed by atoms with Crippen LogP contribution in [-0.4, -0.2) is 45.6 Å². The number of aromatic nitrogens is 2. The summed E-state index contributed by atoms with van der Waals surface area (Å²) in [7, 11) is 1.93. The third kappa shape index (κ3) is 6.63. The number of ether oxygens (including phenoxy) is 2. The Balaban J connectivity index is 1.40. The van der Waals surface area contributed by atoms with E-state index in [0.29, 0.717) is 19.0 Å². The number of hydrogen-bond acceptors (Lipinski definition) is 5. The Morgan fingerprint density at radius 2 is 1.76 bits per heavy atom. The molecular formula is C32H37N3O3. The fourth-order valence-corrected chi connectivity index (χ4v) is 4.79. The standard InChI is InChI=1S/C32H37N3O3/c1-23-10-9-14-28(18-23)38-32-29(31(33-34(32)3)26-12-5-4-6-13-26)21-35(19-25-16-17-25)20-27(36)22-37-30-15-8-7-11-24(30)2/h4-15,18,25,27,36H,16-17,19-22H2,1-3H3. The van der Waals surface area contributed by atoms with Crippen LogP contribution in [0.25, 0.3) is 11.3 Å². The Labute approximate surface area is 225 Å². The number of rotatable bonds is 12. The van der Waals surface area contributed by atoms with E-state index in [9.17, 15) is 5.11 Å². The molecule has 0 spiro atoms. The summed E-state index contributed by atoms with van der Waals surface area (Å²) in [4.78, 5) is 2.33. The fourth-order valence-electron chi connectivity index (χ4n) is 4.79. The minimum absolute atomic E-state index is 0.247. The third-order valence-corrected chi connectivity index (χ3v) is 6.93. The van der Waals surface area contributed by atoms with Crippen molar-refractivity contribution in [1.82, 2.24) is 14.7 Å². The summed E-state index contributed by atoms with van der Waals surface area (Å²) in [5.41, 5.74) is 5.18. The lowest BCUT2D eigenvalue weighted by Crippen LogP contribution is -2.36. The molecule has 1 atom stereocenters. The predicted molar refractivity (Wildman–Crippen MR) is 151 cm³/mol. The van der Waals surface area contributed by atoms with Gasteiger partial charge in [0.25, 0.3) is 0 Å². The van der Waals surface area contributed by atoms with Crippen LogP contribution in [0.5, 0.6) is 17.4 Å². The summed E-state index contributed by atoms with van der Waals surface area (Å²) < 4.78 is 14.2. The number of benzene rings is 3. The Morgan fingerprint density at radius 3 is 2.50 bits per heavy atom. The van der Waals surface area contributed by atoms with Crippen LogP contribution in [0.1, 0.15) is 29.5 Å². The van der Waals surface area contributed by atoms with Crippen LogP contribution in [0.2, 0.25) is 0 Å². The molecule has 1 heterocycles. The molecule has 6 nitrogen and oxygen atoms in total. The number of aliphatic hydroxyl groups excluding tert-OH is 1. The monoisotopic (exact) mass is 511 g/mol. The number of hydrogen-bond donors (Lipinski definition) is 1. The van der Waals surface area contributed by atoms with E-state index >= 15 is 0 Å². The molecule has 1 unspecified atom stereocenters. The van der Waals surface area contributed by atoms with Crippen LogP contribution >= 0.6 is 0 Å². The SMILES string of the molecule is Cc1cccc(Oc2c(CN(CC(O)COc3ccccc3C)CC3CC3)c(-c3ccccc3)nn2C)c1. The van der Waals surface area contributed by atoms with Crippen molar-refractivity contribution in [1.29, 1.82) is 0 Å².